The van der Waals surface area contributed by atoms with Crippen LogP contribution in [0, 0.1) is 6.92 Å². The summed E-state index contributed by atoms with van der Waals surface area (Å²) in [5.74, 6) is -1.11. The van der Waals surface area contributed by atoms with Gasteiger partial charge in [0.15, 0.2) is 0 Å². The number of carbonyl (C=O) groups is 2. The standard InChI is InChI=1S/C19H16F3N3O3/c1-3-28-18(27)12-4-7-14(8-5-12)24-17(26)16-11(2)23-15-9-6-13(10-25(15)16)19(20,21)22/h4-10H,3H2,1-2H3,(H,24,26). The second-order valence-corrected chi connectivity index (χ2v) is 5.94. The van der Waals surface area contributed by atoms with Gasteiger partial charge in [0.2, 0.25) is 0 Å². The number of hydrogen-bond acceptors (Lipinski definition) is 4. The number of anilines is 1. The number of ether oxygens (including phenoxy) is 1. The number of amides is 1. The maximum absolute atomic E-state index is 13.0. The lowest BCUT2D eigenvalue weighted by atomic mass is 10.2. The number of pyridine rings is 1. The summed E-state index contributed by atoms with van der Waals surface area (Å²) in [5.41, 5.74) is 0.328. The minimum Gasteiger partial charge on any atom is -0.462 e. The van der Waals surface area contributed by atoms with Gasteiger partial charge in [0, 0.05) is 11.9 Å². The first-order valence-corrected chi connectivity index (χ1v) is 8.35. The number of fused-ring (bicyclic) bond motifs is 1. The van der Waals surface area contributed by atoms with Gasteiger partial charge >= 0.3 is 12.1 Å². The summed E-state index contributed by atoms with van der Waals surface area (Å²) in [6, 6.07) is 8.10. The number of nitrogens with zero attached hydrogens (tertiary/aromatic N) is 2. The van der Waals surface area contributed by atoms with Crippen molar-refractivity contribution in [2.24, 2.45) is 0 Å². The van der Waals surface area contributed by atoms with Crippen molar-refractivity contribution in [3.05, 3.63) is 65.1 Å². The average molecular weight is 391 g/mol. The first-order chi connectivity index (χ1) is 13.2. The molecule has 1 amide bonds. The minimum absolute atomic E-state index is 0.00410. The van der Waals surface area contributed by atoms with E-state index in [1.165, 1.54) is 30.3 Å². The molecule has 0 aliphatic carbocycles. The number of imidazole rings is 1. The van der Waals surface area contributed by atoms with Crippen LogP contribution in [0.1, 0.15) is 39.0 Å². The highest BCUT2D eigenvalue weighted by atomic mass is 19.4. The van der Waals surface area contributed by atoms with Crippen molar-refractivity contribution in [3.63, 3.8) is 0 Å². The largest absolute Gasteiger partial charge is 0.462 e. The highest BCUT2D eigenvalue weighted by Crippen LogP contribution is 2.30. The second-order valence-electron chi connectivity index (χ2n) is 5.94. The fourth-order valence-electron chi connectivity index (χ4n) is 2.70. The lowest BCUT2D eigenvalue weighted by molar-refractivity contribution is -0.137. The Balaban J connectivity index is 1.89. The Morgan fingerprint density at radius 1 is 1.14 bits per heavy atom. The van der Waals surface area contributed by atoms with Crippen molar-refractivity contribution in [3.8, 4) is 0 Å². The Morgan fingerprint density at radius 2 is 1.82 bits per heavy atom. The fraction of sp³-hybridized carbons (Fsp3) is 0.211. The predicted molar refractivity (Wildman–Crippen MR) is 95.3 cm³/mol. The fourth-order valence-corrected chi connectivity index (χ4v) is 2.70. The zero-order valence-corrected chi connectivity index (χ0v) is 15.0. The number of aryl methyl sites for hydroxylation is 1. The monoisotopic (exact) mass is 391 g/mol. The number of nitrogens with one attached hydrogen (secondary N) is 1. The zero-order valence-electron chi connectivity index (χ0n) is 15.0. The van der Waals surface area contributed by atoms with Gasteiger partial charge in [0.05, 0.1) is 23.4 Å². The van der Waals surface area contributed by atoms with E-state index in [-0.39, 0.29) is 17.9 Å². The van der Waals surface area contributed by atoms with Crippen molar-refractivity contribution in [2.45, 2.75) is 20.0 Å². The quantitative estimate of drug-likeness (QED) is 0.680. The Labute approximate surface area is 157 Å². The van der Waals surface area contributed by atoms with Crippen molar-refractivity contribution in [1.29, 1.82) is 0 Å². The number of aromatic nitrogens is 2. The molecule has 3 rings (SSSR count). The van der Waals surface area contributed by atoms with Gasteiger partial charge in [-0.2, -0.15) is 13.2 Å². The molecule has 28 heavy (non-hydrogen) atoms. The summed E-state index contributed by atoms with van der Waals surface area (Å²) in [4.78, 5) is 28.4. The van der Waals surface area contributed by atoms with Crippen LogP contribution in [0.15, 0.2) is 42.6 Å². The van der Waals surface area contributed by atoms with Gasteiger partial charge in [0.25, 0.3) is 5.91 Å². The normalized spacial score (nSPS) is 11.5. The van der Waals surface area contributed by atoms with Crippen LogP contribution in [0.4, 0.5) is 18.9 Å². The van der Waals surface area contributed by atoms with E-state index in [4.69, 9.17) is 4.74 Å². The molecule has 0 atom stereocenters. The molecule has 146 valence electrons. The molecule has 0 unspecified atom stereocenters. The van der Waals surface area contributed by atoms with Crippen LogP contribution < -0.4 is 5.32 Å². The third-order valence-electron chi connectivity index (χ3n) is 3.99. The van der Waals surface area contributed by atoms with E-state index >= 15 is 0 Å². The van der Waals surface area contributed by atoms with Gasteiger partial charge in [-0.15, -0.1) is 0 Å². The molecule has 2 heterocycles. The van der Waals surface area contributed by atoms with Crippen LogP contribution >= 0.6 is 0 Å². The molecule has 0 aliphatic heterocycles. The lowest BCUT2D eigenvalue weighted by Crippen LogP contribution is -2.16. The van der Waals surface area contributed by atoms with Gasteiger partial charge in [-0.1, -0.05) is 0 Å². The molecule has 9 heteroatoms. The van der Waals surface area contributed by atoms with Crippen LogP contribution in [-0.2, 0) is 10.9 Å². The molecule has 0 fully saturated rings. The van der Waals surface area contributed by atoms with Crippen molar-refractivity contribution in [1.82, 2.24) is 9.38 Å². The van der Waals surface area contributed by atoms with Crippen LogP contribution in [0.5, 0.6) is 0 Å². The first-order valence-electron chi connectivity index (χ1n) is 8.35. The molecule has 2 aromatic heterocycles. The van der Waals surface area contributed by atoms with E-state index in [9.17, 15) is 22.8 Å². The third-order valence-corrected chi connectivity index (χ3v) is 3.99. The van der Waals surface area contributed by atoms with E-state index in [0.717, 1.165) is 16.7 Å². The smallest absolute Gasteiger partial charge is 0.417 e. The van der Waals surface area contributed by atoms with E-state index in [1.54, 1.807) is 13.8 Å². The third kappa shape index (κ3) is 3.83. The molecule has 0 saturated carbocycles. The molecular weight excluding hydrogens is 375 g/mol. The van der Waals surface area contributed by atoms with Crippen LogP contribution in [-0.4, -0.2) is 27.9 Å². The van der Waals surface area contributed by atoms with Crippen LogP contribution in [0.25, 0.3) is 5.65 Å². The maximum Gasteiger partial charge on any atom is 0.417 e. The highest BCUT2D eigenvalue weighted by Gasteiger charge is 2.31. The number of halogens is 3. The van der Waals surface area contributed by atoms with Crippen molar-refractivity contribution >= 4 is 23.2 Å². The average Bonchev–Trinajstić information content (AvgIpc) is 2.96. The minimum atomic E-state index is -4.54. The molecule has 0 spiro atoms. The second kappa shape index (κ2) is 7.34. The number of alkyl halides is 3. The highest BCUT2D eigenvalue weighted by molar-refractivity contribution is 6.04. The van der Waals surface area contributed by atoms with Crippen molar-refractivity contribution in [2.75, 3.05) is 11.9 Å². The van der Waals surface area contributed by atoms with E-state index in [2.05, 4.69) is 10.3 Å². The summed E-state index contributed by atoms with van der Waals surface area (Å²) in [6.07, 6.45) is -3.70. The molecule has 0 saturated heterocycles. The lowest BCUT2D eigenvalue weighted by Gasteiger charge is -2.09. The molecule has 0 bridgehead atoms. The van der Waals surface area contributed by atoms with Crippen molar-refractivity contribution < 1.29 is 27.5 Å². The van der Waals surface area contributed by atoms with Gasteiger partial charge < -0.3 is 10.1 Å². The molecule has 1 aromatic carbocycles. The van der Waals surface area contributed by atoms with E-state index in [0.29, 0.717) is 16.9 Å². The molecule has 1 N–H and O–H groups in total. The topological polar surface area (TPSA) is 72.7 Å². The number of esters is 1. The van der Waals surface area contributed by atoms with Gasteiger partial charge in [-0.3, -0.25) is 9.20 Å². The number of benzene rings is 1. The summed E-state index contributed by atoms with van der Waals surface area (Å²) >= 11 is 0. The van der Waals surface area contributed by atoms with Crippen LogP contribution in [0.2, 0.25) is 0 Å². The predicted octanol–water partition coefficient (Wildman–Crippen LogP) is 4.09. The van der Waals surface area contributed by atoms with Gasteiger partial charge in [-0.05, 0) is 50.2 Å². The number of carbonyl (C=O) groups excluding carboxylic acids is 2. The molecule has 0 radical (unpaired) electrons. The number of hydrogen-bond donors (Lipinski definition) is 1. The molecule has 6 nitrogen and oxygen atoms in total. The Bertz CT molecular complexity index is 1040. The first kappa shape index (κ1) is 19.4. The Morgan fingerprint density at radius 3 is 2.43 bits per heavy atom. The summed E-state index contributed by atoms with van der Waals surface area (Å²) in [5, 5.41) is 2.60. The molecule has 3 aromatic rings. The summed E-state index contributed by atoms with van der Waals surface area (Å²) < 4.78 is 45.0. The SMILES string of the molecule is CCOC(=O)c1ccc(NC(=O)c2c(C)nc3ccc(C(F)(F)F)cn23)cc1. The molecule has 0 aliphatic rings. The Hall–Kier alpha value is -3.36. The van der Waals surface area contributed by atoms with Crippen LogP contribution in [0.3, 0.4) is 0 Å². The summed E-state index contributed by atoms with van der Waals surface area (Å²) in [7, 11) is 0. The summed E-state index contributed by atoms with van der Waals surface area (Å²) in [6.45, 7) is 3.47. The van der Waals surface area contributed by atoms with Gasteiger partial charge in [0.1, 0.15) is 11.3 Å². The van der Waals surface area contributed by atoms with E-state index in [1.807, 2.05) is 0 Å². The zero-order chi connectivity index (χ0) is 20.5. The molecular formula is C19H16F3N3O3. The van der Waals surface area contributed by atoms with E-state index < -0.39 is 23.6 Å². The van der Waals surface area contributed by atoms with Gasteiger partial charge in [-0.25, -0.2) is 9.78 Å². The number of rotatable bonds is 4. The maximum atomic E-state index is 13.0. The Kier molecular flexibility index (Phi) is 5.08.